The van der Waals surface area contributed by atoms with Crippen LogP contribution in [0.4, 0.5) is 4.79 Å². The molecule has 2 aromatic rings. The Kier molecular flexibility index (Phi) is 4.91. The number of amides is 1. The van der Waals surface area contributed by atoms with E-state index in [2.05, 4.69) is 19.9 Å². The number of hydrogen-bond acceptors (Lipinski definition) is 4. The summed E-state index contributed by atoms with van der Waals surface area (Å²) in [6, 6.07) is 2.00. The first kappa shape index (κ1) is 18.0. The van der Waals surface area contributed by atoms with Crippen LogP contribution in [0.1, 0.15) is 52.9 Å². The second-order valence-electron chi connectivity index (χ2n) is 7.74. The van der Waals surface area contributed by atoms with Gasteiger partial charge in [-0.1, -0.05) is 19.3 Å². The molecular weight excluding hydrogens is 340 g/mol. The summed E-state index contributed by atoms with van der Waals surface area (Å²) in [7, 11) is 0. The number of fused-ring (bicyclic) bond motifs is 1. The Morgan fingerprint density at radius 1 is 1.36 bits per heavy atom. The van der Waals surface area contributed by atoms with Gasteiger partial charge >= 0.3 is 6.09 Å². The minimum Gasteiger partial charge on any atom is -0.444 e. The van der Waals surface area contributed by atoms with Crippen LogP contribution in [0.25, 0.3) is 11.0 Å². The zero-order valence-electron chi connectivity index (χ0n) is 15.0. The van der Waals surface area contributed by atoms with Crippen LogP contribution in [-0.2, 0) is 10.3 Å². The van der Waals surface area contributed by atoms with Crippen LogP contribution in [0.5, 0.6) is 0 Å². The summed E-state index contributed by atoms with van der Waals surface area (Å²) in [5.41, 5.74) is 0.0899. The molecule has 6 nitrogen and oxygen atoms in total. The number of halogens is 1. The standard InChI is InChI=1S/C18H25ClN4O2/c1-17(2,3)25-16(24)21-12-18(8-5-4-6-9-18)23-10-7-13-11-20-15(19)22-14(13)23/h7,10-11H,4-6,8-9,12H2,1-3H3,(H,21,24). The van der Waals surface area contributed by atoms with Gasteiger partial charge in [0.25, 0.3) is 0 Å². The number of nitrogens with zero attached hydrogens (tertiary/aromatic N) is 3. The van der Waals surface area contributed by atoms with Crippen molar-refractivity contribution < 1.29 is 9.53 Å². The van der Waals surface area contributed by atoms with Crippen molar-refractivity contribution in [2.45, 2.75) is 64.0 Å². The molecule has 7 heteroatoms. The Morgan fingerprint density at radius 3 is 2.76 bits per heavy atom. The molecule has 0 unspecified atom stereocenters. The van der Waals surface area contributed by atoms with E-state index in [1.807, 2.05) is 33.0 Å². The fourth-order valence-corrected chi connectivity index (χ4v) is 3.67. The predicted octanol–water partition coefficient (Wildman–Crippen LogP) is 4.27. The molecule has 0 aromatic carbocycles. The first-order valence-electron chi connectivity index (χ1n) is 8.76. The lowest BCUT2D eigenvalue weighted by Gasteiger charge is -2.39. The summed E-state index contributed by atoms with van der Waals surface area (Å²) < 4.78 is 7.55. The number of carbonyl (C=O) groups excluding carboxylic acids is 1. The topological polar surface area (TPSA) is 69.0 Å². The summed E-state index contributed by atoms with van der Waals surface area (Å²) in [4.78, 5) is 20.6. The van der Waals surface area contributed by atoms with Crippen LogP contribution in [0.15, 0.2) is 18.5 Å². The second kappa shape index (κ2) is 6.83. The highest BCUT2D eigenvalue weighted by Crippen LogP contribution is 2.37. The van der Waals surface area contributed by atoms with E-state index in [-0.39, 0.29) is 16.9 Å². The Hall–Kier alpha value is -1.82. The third kappa shape index (κ3) is 4.06. The summed E-state index contributed by atoms with van der Waals surface area (Å²) in [5.74, 6) is 0. The van der Waals surface area contributed by atoms with E-state index in [1.54, 1.807) is 6.20 Å². The molecule has 25 heavy (non-hydrogen) atoms. The normalized spacial score (nSPS) is 17.4. The molecule has 136 valence electrons. The molecule has 1 fully saturated rings. The van der Waals surface area contributed by atoms with Gasteiger partial charge in [0.05, 0.1) is 5.54 Å². The third-order valence-corrected chi connectivity index (χ3v) is 4.84. The summed E-state index contributed by atoms with van der Waals surface area (Å²) in [6.07, 6.45) is 8.78. The van der Waals surface area contributed by atoms with Gasteiger partial charge in [-0.3, -0.25) is 0 Å². The fourth-order valence-electron chi connectivity index (χ4n) is 3.54. The van der Waals surface area contributed by atoms with Crippen LogP contribution in [0.2, 0.25) is 5.28 Å². The first-order valence-corrected chi connectivity index (χ1v) is 9.14. The number of rotatable bonds is 3. The maximum absolute atomic E-state index is 12.1. The largest absolute Gasteiger partial charge is 0.444 e. The van der Waals surface area contributed by atoms with Crippen molar-refractivity contribution in [3.63, 3.8) is 0 Å². The number of aromatic nitrogens is 3. The SMILES string of the molecule is CC(C)(C)OC(=O)NCC1(n2ccc3cnc(Cl)nc32)CCCCC1. The molecule has 2 heterocycles. The lowest BCUT2D eigenvalue weighted by atomic mass is 9.81. The molecule has 0 saturated heterocycles. The van der Waals surface area contributed by atoms with Gasteiger partial charge in [-0.05, 0) is 51.3 Å². The van der Waals surface area contributed by atoms with Gasteiger partial charge in [0.15, 0.2) is 0 Å². The zero-order chi connectivity index (χ0) is 18.1. The molecule has 1 N–H and O–H groups in total. The Labute approximate surface area is 152 Å². The minimum atomic E-state index is -0.509. The van der Waals surface area contributed by atoms with Crippen molar-refractivity contribution in [2.75, 3.05) is 6.54 Å². The number of alkyl carbamates (subject to hydrolysis) is 1. The Bertz CT molecular complexity index is 760. The summed E-state index contributed by atoms with van der Waals surface area (Å²) >= 11 is 6.01. The molecule has 3 rings (SSSR count). The van der Waals surface area contributed by atoms with Gasteiger partial charge in [0, 0.05) is 24.3 Å². The third-order valence-electron chi connectivity index (χ3n) is 4.65. The van der Waals surface area contributed by atoms with Crippen molar-refractivity contribution in [1.29, 1.82) is 0 Å². The highest BCUT2D eigenvalue weighted by molar-refractivity contribution is 6.28. The molecule has 1 aliphatic carbocycles. The van der Waals surface area contributed by atoms with Crippen molar-refractivity contribution in [3.05, 3.63) is 23.7 Å². The molecule has 0 spiro atoms. The van der Waals surface area contributed by atoms with Crippen LogP contribution >= 0.6 is 11.6 Å². The van der Waals surface area contributed by atoms with Gasteiger partial charge < -0.3 is 14.6 Å². The maximum Gasteiger partial charge on any atom is 0.407 e. The molecule has 1 saturated carbocycles. The van der Waals surface area contributed by atoms with E-state index in [4.69, 9.17) is 16.3 Å². The lowest BCUT2D eigenvalue weighted by molar-refractivity contribution is 0.0489. The van der Waals surface area contributed by atoms with Gasteiger partial charge in [0.2, 0.25) is 5.28 Å². The molecular formula is C18H25ClN4O2. The van der Waals surface area contributed by atoms with Gasteiger partial charge in [-0.2, -0.15) is 4.98 Å². The van der Waals surface area contributed by atoms with Crippen molar-refractivity contribution >= 4 is 28.7 Å². The molecule has 2 aromatic heterocycles. The van der Waals surface area contributed by atoms with Crippen LogP contribution < -0.4 is 5.32 Å². The van der Waals surface area contributed by atoms with Gasteiger partial charge in [-0.15, -0.1) is 0 Å². The second-order valence-corrected chi connectivity index (χ2v) is 8.08. The molecule has 0 radical (unpaired) electrons. The van der Waals surface area contributed by atoms with E-state index < -0.39 is 5.60 Å². The van der Waals surface area contributed by atoms with E-state index in [0.717, 1.165) is 36.7 Å². The number of carbonyl (C=O) groups is 1. The van der Waals surface area contributed by atoms with E-state index in [9.17, 15) is 4.79 Å². The highest BCUT2D eigenvalue weighted by Gasteiger charge is 2.36. The van der Waals surface area contributed by atoms with E-state index >= 15 is 0 Å². The fraction of sp³-hybridized carbons (Fsp3) is 0.611. The number of nitrogens with one attached hydrogen (secondary N) is 1. The van der Waals surface area contributed by atoms with E-state index in [1.165, 1.54) is 6.42 Å². The van der Waals surface area contributed by atoms with Crippen molar-refractivity contribution in [1.82, 2.24) is 19.9 Å². The van der Waals surface area contributed by atoms with Crippen molar-refractivity contribution in [2.24, 2.45) is 0 Å². The maximum atomic E-state index is 12.1. The van der Waals surface area contributed by atoms with Crippen LogP contribution in [-0.4, -0.2) is 32.8 Å². The summed E-state index contributed by atoms with van der Waals surface area (Å²) in [6.45, 7) is 6.09. The minimum absolute atomic E-state index is 0.214. The molecule has 1 aliphatic rings. The zero-order valence-corrected chi connectivity index (χ0v) is 15.8. The number of hydrogen-bond donors (Lipinski definition) is 1. The average Bonchev–Trinajstić information content (AvgIpc) is 2.96. The summed E-state index contributed by atoms with van der Waals surface area (Å²) in [5, 5.41) is 4.14. The van der Waals surface area contributed by atoms with Crippen molar-refractivity contribution in [3.8, 4) is 0 Å². The van der Waals surface area contributed by atoms with E-state index in [0.29, 0.717) is 6.54 Å². The highest BCUT2D eigenvalue weighted by atomic mass is 35.5. The predicted molar refractivity (Wildman–Crippen MR) is 97.8 cm³/mol. The smallest absolute Gasteiger partial charge is 0.407 e. The average molecular weight is 365 g/mol. The molecule has 0 atom stereocenters. The first-order chi connectivity index (χ1) is 11.8. The quantitative estimate of drug-likeness (QED) is 0.826. The molecule has 1 amide bonds. The Balaban J connectivity index is 1.88. The Morgan fingerprint density at radius 2 is 2.08 bits per heavy atom. The number of ether oxygens (including phenoxy) is 1. The lowest BCUT2D eigenvalue weighted by Crippen LogP contribution is -2.47. The molecule has 0 aliphatic heterocycles. The monoisotopic (exact) mass is 364 g/mol. The van der Waals surface area contributed by atoms with Crippen LogP contribution in [0, 0.1) is 0 Å². The molecule has 0 bridgehead atoms. The van der Waals surface area contributed by atoms with Gasteiger partial charge in [0.1, 0.15) is 11.2 Å². The van der Waals surface area contributed by atoms with Crippen LogP contribution in [0.3, 0.4) is 0 Å². The van der Waals surface area contributed by atoms with Gasteiger partial charge in [-0.25, -0.2) is 9.78 Å².